The van der Waals surface area contributed by atoms with Crippen LogP contribution in [0.25, 0.3) is 22.6 Å². The first kappa shape index (κ1) is 25.2. The first-order valence-corrected chi connectivity index (χ1v) is 11.5. The molecule has 0 N–H and O–H groups in total. The summed E-state index contributed by atoms with van der Waals surface area (Å²) in [6.07, 6.45) is -7.63. The fourth-order valence-corrected chi connectivity index (χ4v) is 4.22. The van der Waals surface area contributed by atoms with E-state index in [9.17, 15) is 39.6 Å². The number of hydrogen-bond donors (Lipinski definition) is 0. The molecule has 0 aliphatic heterocycles. The maximum Gasteiger partial charge on any atom is 0.573 e. The third-order valence-corrected chi connectivity index (χ3v) is 6.58. The standard InChI is InChI=1S/C20H13F6N5O4S/c1-2-36(33,34)14-7-12(11-4-3-5-13(6-11)35-20(24,25)26)8-28-17(14)31-18(32)30-10-15(19(21,22)23)27-9-16(30)29-31/h3-10H,2H2,1H3. The number of nitrogens with zero attached hydrogens (tertiary/aromatic N) is 5. The predicted octanol–water partition coefficient (Wildman–Crippen LogP) is 3.65. The smallest absolute Gasteiger partial charge is 0.406 e. The van der Waals surface area contributed by atoms with Gasteiger partial charge in [0, 0.05) is 18.0 Å². The van der Waals surface area contributed by atoms with Crippen LogP contribution in [-0.4, -0.2) is 44.7 Å². The third kappa shape index (κ3) is 4.89. The van der Waals surface area contributed by atoms with E-state index in [4.69, 9.17) is 0 Å². The number of halogens is 6. The zero-order valence-corrected chi connectivity index (χ0v) is 18.7. The third-order valence-electron chi connectivity index (χ3n) is 4.85. The van der Waals surface area contributed by atoms with Gasteiger partial charge in [-0.3, -0.25) is 0 Å². The molecule has 0 fully saturated rings. The van der Waals surface area contributed by atoms with Crippen molar-refractivity contribution in [3.8, 4) is 22.7 Å². The molecule has 190 valence electrons. The van der Waals surface area contributed by atoms with Crippen LogP contribution in [0.2, 0.25) is 0 Å². The fraction of sp³-hybridized carbons (Fsp3) is 0.200. The minimum atomic E-state index is -4.96. The largest absolute Gasteiger partial charge is 0.573 e. The number of aromatic nitrogens is 5. The van der Waals surface area contributed by atoms with E-state index in [0.29, 0.717) is 21.5 Å². The maximum absolute atomic E-state index is 13.0. The normalized spacial score (nSPS) is 12.8. The molecule has 0 spiro atoms. The minimum Gasteiger partial charge on any atom is -0.406 e. The van der Waals surface area contributed by atoms with Gasteiger partial charge in [0.1, 0.15) is 10.6 Å². The first-order chi connectivity index (χ1) is 16.7. The van der Waals surface area contributed by atoms with E-state index in [2.05, 4.69) is 19.8 Å². The van der Waals surface area contributed by atoms with Crippen molar-refractivity contribution < 1.29 is 39.5 Å². The predicted molar refractivity (Wildman–Crippen MR) is 111 cm³/mol. The number of benzene rings is 1. The van der Waals surface area contributed by atoms with Crippen molar-refractivity contribution in [1.82, 2.24) is 24.1 Å². The number of fused-ring (bicyclic) bond motifs is 1. The lowest BCUT2D eigenvalue weighted by atomic mass is 10.1. The average Bonchev–Trinajstić information content (AvgIpc) is 3.13. The van der Waals surface area contributed by atoms with E-state index in [-0.39, 0.29) is 16.8 Å². The summed E-state index contributed by atoms with van der Waals surface area (Å²) < 4.78 is 107. The van der Waals surface area contributed by atoms with Crippen molar-refractivity contribution in [2.24, 2.45) is 0 Å². The van der Waals surface area contributed by atoms with Crippen LogP contribution in [0, 0.1) is 0 Å². The van der Waals surface area contributed by atoms with Crippen molar-refractivity contribution in [2.45, 2.75) is 24.4 Å². The first-order valence-electron chi connectivity index (χ1n) is 9.83. The van der Waals surface area contributed by atoms with Gasteiger partial charge in [-0.2, -0.15) is 17.9 Å². The molecule has 0 aliphatic rings. The molecule has 1 aromatic carbocycles. The molecule has 4 aromatic rings. The van der Waals surface area contributed by atoms with Crippen LogP contribution in [0.1, 0.15) is 12.6 Å². The van der Waals surface area contributed by atoms with Gasteiger partial charge in [0.25, 0.3) is 0 Å². The van der Waals surface area contributed by atoms with Crippen molar-refractivity contribution >= 4 is 15.5 Å². The van der Waals surface area contributed by atoms with Gasteiger partial charge in [-0.1, -0.05) is 19.1 Å². The topological polar surface area (TPSA) is 108 Å². The number of ether oxygens (including phenoxy) is 1. The Morgan fingerprint density at radius 2 is 1.72 bits per heavy atom. The molecule has 16 heteroatoms. The van der Waals surface area contributed by atoms with E-state index >= 15 is 0 Å². The van der Waals surface area contributed by atoms with Gasteiger partial charge in [0.15, 0.2) is 27.0 Å². The van der Waals surface area contributed by atoms with E-state index in [1.54, 1.807) is 0 Å². The molecular formula is C20H13F6N5O4S. The van der Waals surface area contributed by atoms with Crippen LogP contribution in [0.15, 0.2) is 58.6 Å². The lowest BCUT2D eigenvalue weighted by Crippen LogP contribution is -2.23. The molecule has 0 atom stereocenters. The highest BCUT2D eigenvalue weighted by Gasteiger charge is 2.34. The summed E-state index contributed by atoms with van der Waals surface area (Å²) in [5.74, 6) is -1.52. The summed E-state index contributed by atoms with van der Waals surface area (Å²) in [5.41, 5.74) is -2.65. The van der Waals surface area contributed by atoms with Crippen LogP contribution in [0.4, 0.5) is 26.3 Å². The Hall–Kier alpha value is -3.95. The molecule has 0 saturated carbocycles. The second kappa shape index (κ2) is 8.61. The van der Waals surface area contributed by atoms with E-state index in [0.717, 1.165) is 24.4 Å². The van der Waals surface area contributed by atoms with Crippen LogP contribution < -0.4 is 10.4 Å². The SMILES string of the molecule is CCS(=O)(=O)c1cc(-c2cccc(OC(F)(F)F)c2)cnc1-n1nc2cnc(C(F)(F)F)cn2c1=O. The molecule has 0 aliphatic carbocycles. The van der Waals surface area contributed by atoms with Gasteiger partial charge in [0.05, 0.1) is 11.9 Å². The lowest BCUT2D eigenvalue weighted by molar-refractivity contribution is -0.274. The molecule has 0 radical (unpaired) electrons. The molecule has 3 aromatic heterocycles. The summed E-state index contributed by atoms with van der Waals surface area (Å²) in [6.45, 7) is 1.30. The number of sulfone groups is 1. The highest BCUT2D eigenvalue weighted by molar-refractivity contribution is 7.91. The van der Waals surface area contributed by atoms with Crippen LogP contribution in [-0.2, 0) is 16.0 Å². The van der Waals surface area contributed by atoms with Crippen molar-refractivity contribution in [2.75, 3.05) is 5.75 Å². The van der Waals surface area contributed by atoms with Crippen molar-refractivity contribution in [1.29, 1.82) is 0 Å². The van der Waals surface area contributed by atoms with E-state index in [1.807, 2.05) is 0 Å². The number of hydrogen-bond acceptors (Lipinski definition) is 7. The zero-order valence-electron chi connectivity index (χ0n) is 17.9. The minimum absolute atomic E-state index is 0.0660. The van der Waals surface area contributed by atoms with Crippen molar-refractivity contribution in [3.63, 3.8) is 0 Å². The number of rotatable bonds is 5. The molecule has 0 saturated heterocycles. The molecule has 3 heterocycles. The van der Waals surface area contributed by atoms with Crippen LogP contribution >= 0.6 is 0 Å². The molecular weight excluding hydrogens is 520 g/mol. The number of pyridine rings is 1. The molecule has 0 amide bonds. The van der Waals surface area contributed by atoms with Gasteiger partial charge in [0.2, 0.25) is 0 Å². The summed E-state index contributed by atoms with van der Waals surface area (Å²) in [4.78, 5) is 19.5. The Bertz CT molecular complexity index is 1630. The van der Waals surface area contributed by atoms with Gasteiger partial charge < -0.3 is 4.74 Å². The summed E-state index contributed by atoms with van der Waals surface area (Å²) in [5, 5.41) is 3.84. The summed E-state index contributed by atoms with van der Waals surface area (Å²) in [7, 11) is -4.11. The highest BCUT2D eigenvalue weighted by atomic mass is 32.2. The van der Waals surface area contributed by atoms with E-state index in [1.165, 1.54) is 19.1 Å². The monoisotopic (exact) mass is 533 g/mol. The average molecular weight is 533 g/mol. The Kier molecular flexibility index (Phi) is 6.02. The Morgan fingerprint density at radius 1 is 1.00 bits per heavy atom. The molecule has 36 heavy (non-hydrogen) atoms. The second-order valence-corrected chi connectivity index (χ2v) is 9.46. The van der Waals surface area contributed by atoms with Gasteiger partial charge >= 0.3 is 18.2 Å². The highest BCUT2D eigenvalue weighted by Crippen LogP contribution is 2.31. The van der Waals surface area contributed by atoms with E-state index < -0.39 is 56.0 Å². The van der Waals surface area contributed by atoms with Gasteiger partial charge in [-0.15, -0.1) is 18.3 Å². The fourth-order valence-electron chi connectivity index (χ4n) is 3.18. The summed E-state index contributed by atoms with van der Waals surface area (Å²) >= 11 is 0. The van der Waals surface area contributed by atoms with Gasteiger partial charge in [-0.05, 0) is 23.8 Å². The number of alkyl halides is 6. The Balaban J connectivity index is 1.89. The quantitative estimate of drug-likeness (QED) is 0.361. The lowest BCUT2D eigenvalue weighted by Gasteiger charge is -2.12. The molecule has 0 unspecified atom stereocenters. The second-order valence-electron chi connectivity index (χ2n) is 7.22. The molecule has 0 bridgehead atoms. The van der Waals surface area contributed by atoms with Crippen LogP contribution in [0.3, 0.4) is 0 Å². The van der Waals surface area contributed by atoms with Gasteiger partial charge in [-0.25, -0.2) is 27.6 Å². The summed E-state index contributed by atoms with van der Waals surface area (Å²) in [6, 6.07) is 5.75. The molecule has 9 nitrogen and oxygen atoms in total. The van der Waals surface area contributed by atoms with Crippen LogP contribution in [0.5, 0.6) is 5.75 Å². The van der Waals surface area contributed by atoms with Crippen molar-refractivity contribution in [3.05, 3.63) is 65.1 Å². The Morgan fingerprint density at radius 3 is 2.36 bits per heavy atom. The maximum atomic E-state index is 13.0. The Labute approximate surface area is 197 Å². The zero-order chi connectivity index (χ0) is 26.5. The molecule has 4 rings (SSSR count).